The minimum atomic E-state index is -0.274. The summed E-state index contributed by atoms with van der Waals surface area (Å²) in [5.74, 6) is 0. The minimum absolute atomic E-state index is 0.0447. The average Bonchev–Trinajstić information content (AvgIpc) is 2.45. The summed E-state index contributed by atoms with van der Waals surface area (Å²) >= 11 is 0. The third-order valence-corrected chi connectivity index (χ3v) is 3.64. The zero-order valence-corrected chi connectivity index (χ0v) is 12.1. The van der Waals surface area contributed by atoms with Crippen molar-refractivity contribution in [2.75, 3.05) is 0 Å². The van der Waals surface area contributed by atoms with Crippen LogP contribution < -0.4 is 5.56 Å². The van der Waals surface area contributed by atoms with E-state index < -0.39 is 0 Å². The van der Waals surface area contributed by atoms with E-state index in [1.54, 1.807) is 6.07 Å². The van der Waals surface area contributed by atoms with Crippen LogP contribution in [0.2, 0.25) is 0 Å². The maximum atomic E-state index is 12.0. The van der Waals surface area contributed by atoms with Crippen molar-refractivity contribution in [2.24, 2.45) is 5.41 Å². The number of para-hydroxylation sites is 1. The number of hydrogen-bond acceptors (Lipinski definition) is 2. The first kappa shape index (κ1) is 14.3. The molecule has 0 radical (unpaired) electrons. The Morgan fingerprint density at radius 2 is 1.90 bits per heavy atom. The van der Waals surface area contributed by atoms with Crippen molar-refractivity contribution in [3.8, 4) is 6.07 Å². The Balaban J connectivity index is 2.09. The van der Waals surface area contributed by atoms with Gasteiger partial charge >= 0.3 is 0 Å². The molecular formula is C17H20N2O. The third kappa shape index (κ3) is 3.27. The SMILES string of the molecule is CC(C)(C#N)CCCCn1c(=O)ccc2ccccc21. The number of pyridine rings is 1. The van der Waals surface area contributed by atoms with Crippen LogP contribution in [0.3, 0.4) is 0 Å². The highest BCUT2D eigenvalue weighted by atomic mass is 16.1. The molecule has 20 heavy (non-hydrogen) atoms. The molecule has 0 aliphatic heterocycles. The van der Waals surface area contributed by atoms with Gasteiger partial charge in [0.1, 0.15) is 0 Å². The molecule has 2 aromatic rings. The fourth-order valence-corrected chi connectivity index (χ4v) is 2.37. The number of rotatable bonds is 5. The molecule has 0 bridgehead atoms. The quantitative estimate of drug-likeness (QED) is 0.776. The molecule has 3 heteroatoms. The van der Waals surface area contributed by atoms with Gasteiger partial charge in [0.15, 0.2) is 0 Å². The fourth-order valence-electron chi connectivity index (χ4n) is 2.37. The molecule has 0 aliphatic rings. The molecular weight excluding hydrogens is 248 g/mol. The van der Waals surface area contributed by atoms with Gasteiger partial charge in [0.25, 0.3) is 5.56 Å². The molecule has 3 nitrogen and oxygen atoms in total. The van der Waals surface area contributed by atoms with Crippen LogP contribution in [-0.2, 0) is 6.54 Å². The first-order chi connectivity index (χ1) is 9.53. The van der Waals surface area contributed by atoms with Crippen LogP contribution in [0.4, 0.5) is 0 Å². The Labute approximate surface area is 119 Å². The average molecular weight is 268 g/mol. The Kier molecular flexibility index (Phi) is 4.24. The van der Waals surface area contributed by atoms with Crippen molar-refractivity contribution in [3.05, 3.63) is 46.8 Å². The Morgan fingerprint density at radius 1 is 1.15 bits per heavy atom. The van der Waals surface area contributed by atoms with Crippen LogP contribution in [0, 0.1) is 16.7 Å². The van der Waals surface area contributed by atoms with Crippen molar-refractivity contribution >= 4 is 10.9 Å². The molecule has 0 spiro atoms. The van der Waals surface area contributed by atoms with E-state index >= 15 is 0 Å². The van der Waals surface area contributed by atoms with Crippen molar-refractivity contribution in [3.63, 3.8) is 0 Å². The zero-order valence-electron chi connectivity index (χ0n) is 12.1. The second kappa shape index (κ2) is 5.92. The standard InChI is InChI=1S/C17H20N2O/c1-17(2,13-18)11-5-6-12-19-15-8-4-3-7-14(15)9-10-16(19)20/h3-4,7-10H,5-6,11-12H2,1-2H3. The van der Waals surface area contributed by atoms with Crippen LogP contribution >= 0.6 is 0 Å². The molecule has 0 saturated carbocycles. The van der Waals surface area contributed by atoms with E-state index in [2.05, 4.69) is 6.07 Å². The van der Waals surface area contributed by atoms with Gasteiger partial charge in [-0.25, -0.2) is 0 Å². The maximum Gasteiger partial charge on any atom is 0.251 e. The number of nitriles is 1. The molecule has 0 amide bonds. The van der Waals surface area contributed by atoms with Crippen LogP contribution in [0.1, 0.15) is 33.1 Å². The maximum absolute atomic E-state index is 12.0. The number of aromatic nitrogens is 1. The molecule has 1 aromatic carbocycles. The van der Waals surface area contributed by atoms with Gasteiger partial charge < -0.3 is 4.57 Å². The number of unbranched alkanes of at least 4 members (excludes halogenated alkanes) is 1. The number of benzene rings is 1. The van der Waals surface area contributed by atoms with Crippen LogP contribution in [0.15, 0.2) is 41.2 Å². The van der Waals surface area contributed by atoms with E-state index in [0.717, 1.165) is 30.2 Å². The summed E-state index contributed by atoms with van der Waals surface area (Å²) in [6.45, 7) is 4.62. The normalized spacial score (nSPS) is 11.4. The third-order valence-electron chi connectivity index (χ3n) is 3.64. The lowest BCUT2D eigenvalue weighted by molar-refractivity contribution is 0.417. The summed E-state index contributed by atoms with van der Waals surface area (Å²) < 4.78 is 1.83. The van der Waals surface area contributed by atoms with Crippen molar-refractivity contribution in [1.82, 2.24) is 4.57 Å². The molecule has 2 rings (SSSR count). The van der Waals surface area contributed by atoms with Gasteiger partial charge in [-0.1, -0.05) is 24.6 Å². The molecule has 1 aromatic heterocycles. The minimum Gasteiger partial charge on any atom is -0.308 e. The van der Waals surface area contributed by atoms with Gasteiger partial charge in [0.05, 0.1) is 17.0 Å². The van der Waals surface area contributed by atoms with E-state index in [9.17, 15) is 4.79 Å². The van der Waals surface area contributed by atoms with Gasteiger partial charge in [-0.05, 0) is 44.2 Å². The summed E-state index contributed by atoms with van der Waals surface area (Å²) in [5, 5.41) is 10.1. The van der Waals surface area contributed by atoms with Crippen LogP contribution in [-0.4, -0.2) is 4.57 Å². The lowest BCUT2D eigenvalue weighted by atomic mass is 9.89. The predicted octanol–water partition coefficient (Wildman–Crippen LogP) is 3.72. The first-order valence-corrected chi connectivity index (χ1v) is 7.03. The Bertz CT molecular complexity index is 692. The van der Waals surface area contributed by atoms with E-state index in [-0.39, 0.29) is 11.0 Å². The molecule has 0 N–H and O–H groups in total. The summed E-state index contributed by atoms with van der Waals surface area (Å²) in [7, 11) is 0. The molecule has 0 fully saturated rings. The highest BCUT2D eigenvalue weighted by Gasteiger charge is 2.15. The first-order valence-electron chi connectivity index (χ1n) is 7.03. The predicted molar refractivity (Wildman–Crippen MR) is 81.5 cm³/mol. The fraction of sp³-hybridized carbons (Fsp3) is 0.412. The van der Waals surface area contributed by atoms with E-state index in [1.807, 2.05) is 48.7 Å². The number of nitrogens with zero attached hydrogens (tertiary/aromatic N) is 2. The Hall–Kier alpha value is -2.08. The number of aryl methyl sites for hydroxylation is 1. The molecule has 0 aliphatic carbocycles. The van der Waals surface area contributed by atoms with E-state index in [1.165, 1.54) is 0 Å². The summed E-state index contributed by atoms with van der Waals surface area (Å²) in [4.78, 5) is 12.0. The molecule has 0 unspecified atom stereocenters. The highest BCUT2D eigenvalue weighted by molar-refractivity contribution is 5.78. The summed E-state index contributed by atoms with van der Waals surface area (Å²) in [6.07, 6.45) is 2.73. The van der Waals surface area contributed by atoms with E-state index in [4.69, 9.17) is 5.26 Å². The van der Waals surface area contributed by atoms with Gasteiger partial charge in [-0.15, -0.1) is 0 Å². The van der Waals surface area contributed by atoms with Gasteiger partial charge in [0, 0.05) is 12.6 Å². The number of hydrogen-bond donors (Lipinski definition) is 0. The smallest absolute Gasteiger partial charge is 0.251 e. The Morgan fingerprint density at radius 3 is 2.65 bits per heavy atom. The highest BCUT2D eigenvalue weighted by Crippen LogP contribution is 2.22. The second-order valence-corrected chi connectivity index (χ2v) is 5.83. The van der Waals surface area contributed by atoms with Crippen LogP contribution in [0.25, 0.3) is 10.9 Å². The van der Waals surface area contributed by atoms with Crippen molar-refractivity contribution < 1.29 is 0 Å². The summed E-state index contributed by atoms with van der Waals surface area (Å²) in [5.41, 5.74) is 0.756. The topological polar surface area (TPSA) is 45.8 Å². The van der Waals surface area contributed by atoms with Gasteiger partial charge in [-0.2, -0.15) is 5.26 Å². The molecule has 1 heterocycles. The lowest BCUT2D eigenvalue weighted by Gasteiger charge is -2.15. The van der Waals surface area contributed by atoms with Crippen molar-refractivity contribution in [1.29, 1.82) is 5.26 Å². The van der Waals surface area contributed by atoms with E-state index in [0.29, 0.717) is 6.54 Å². The second-order valence-electron chi connectivity index (χ2n) is 5.83. The summed E-state index contributed by atoms with van der Waals surface area (Å²) in [6, 6.07) is 13.7. The largest absolute Gasteiger partial charge is 0.308 e. The number of fused-ring (bicyclic) bond motifs is 1. The molecule has 0 atom stereocenters. The lowest BCUT2D eigenvalue weighted by Crippen LogP contribution is -2.19. The van der Waals surface area contributed by atoms with Crippen LogP contribution in [0.5, 0.6) is 0 Å². The molecule has 104 valence electrons. The van der Waals surface area contributed by atoms with Gasteiger partial charge in [-0.3, -0.25) is 4.79 Å². The molecule has 0 saturated heterocycles. The zero-order chi connectivity index (χ0) is 14.6. The van der Waals surface area contributed by atoms with Crippen molar-refractivity contribution in [2.45, 2.75) is 39.7 Å². The monoisotopic (exact) mass is 268 g/mol. The van der Waals surface area contributed by atoms with Gasteiger partial charge in [0.2, 0.25) is 0 Å².